The Kier molecular flexibility index (Phi) is 6.50. The molecule has 0 atom stereocenters. The zero-order valence-corrected chi connectivity index (χ0v) is 15.0. The standard InChI is InChI=1S/C11H10BrN3S.K/c1-2-6-15-10(13-14-11(15)16)8-4-3-5-9(12)7-8;/h2-5,7H,1,6H2,(H,14,16);. The fraction of sp³-hybridized carbons (Fsp3) is 0.0909. The molecule has 0 saturated heterocycles. The maximum atomic E-state index is 5.16. The van der Waals surface area contributed by atoms with Crippen LogP contribution in [0, 0.1) is 4.77 Å². The first-order valence-electron chi connectivity index (χ1n) is 4.74. The van der Waals surface area contributed by atoms with Gasteiger partial charge in [0.05, 0.1) is 0 Å². The van der Waals surface area contributed by atoms with Crippen LogP contribution in [-0.4, -0.2) is 66.1 Å². The van der Waals surface area contributed by atoms with Crippen LogP contribution in [0.15, 0.2) is 41.4 Å². The Morgan fingerprint density at radius 2 is 2.29 bits per heavy atom. The second-order valence-corrected chi connectivity index (χ2v) is 4.56. The Morgan fingerprint density at radius 3 is 2.94 bits per heavy atom. The zero-order chi connectivity index (χ0) is 11.5. The normalized spacial score (nSPS) is 9.71. The van der Waals surface area contributed by atoms with E-state index in [9.17, 15) is 0 Å². The fourth-order valence-electron chi connectivity index (χ4n) is 1.46. The third-order valence-electron chi connectivity index (χ3n) is 2.15. The van der Waals surface area contributed by atoms with E-state index >= 15 is 0 Å². The molecule has 1 heterocycles. The van der Waals surface area contributed by atoms with Gasteiger partial charge in [0, 0.05) is 68.0 Å². The van der Waals surface area contributed by atoms with Crippen LogP contribution in [0.1, 0.15) is 0 Å². The largest absolute Gasteiger partial charge is 0.296 e. The molecule has 0 aliphatic heterocycles. The Morgan fingerprint density at radius 1 is 1.53 bits per heavy atom. The van der Waals surface area contributed by atoms with Crippen LogP contribution in [-0.2, 0) is 6.54 Å². The number of rotatable bonds is 3. The summed E-state index contributed by atoms with van der Waals surface area (Å²) in [5.74, 6) is 0.825. The van der Waals surface area contributed by atoms with E-state index in [0.29, 0.717) is 11.3 Å². The van der Waals surface area contributed by atoms with E-state index in [0.717, 1.165) is 15.9 Å². The molecule has 0 fully saturated rings. The van der Waals surface area contributed by atoms with Crippen LogP contribution in [0.5, 0.6) is 0 Å². The minimum Gasteiger partial charge on any atom is -0.296 e. The average molecular weight is 335 g/mol. The number of aromatic amines is 1. The number of allylic oxidation sites excluding steroid dienone is 1. The van der Waals surface area contributed by atoms with Crippen LogP contribution < -0.4 is 0 Å². The third kappa shape index (κ3) is 3.70. The average Bonchev–Trinajstić information content (AvgIpc) is 2.61. The quantitative estimate of drug-likeness (QED) is 0.531. The van der Waals surface area contributed by atoms with Gasteiger partial charge in [-0.1, -0.05) is 34.1 Å². The van der Waals surface area contributed by atoms with E-state index in [-0.39, 0.29) is 51.4 Å². The van der Waals surface area contributed by atoms with E-state index in [1.54, 1.807) is 6.08 Å². The topological polar surface area (TPSA) is 33.6 Å². The summed E-state index contributed by atoms with van der Waals surface area (Å²) in [4.78, 5) is 0. The summed E-state index contributed by atoms with van der Waals surface area (Å²) >= 11 is 8.59. The number of hydrogen-bond donors (Lipinski definition) is 1. The summed E-state index contributed by atoms with van der Waals surface area (Å²) in [5, 5.41) is 7.02. The number of nitrogens with zero attached hydrogens (tertiary/aromatic N) is 2. The van der Waals surface area contributed by atoms with Crippen LogP contribution >= 0.6 is 28.1 Å². The maximum absolute atomic E-state index is 5.16. The molecule has 0 unspecified atom stereocenters. The van der Waals surface area contributed by atoms with Crippen LogP contribution in [0.3, 0.4) is 0 Å². The van der Waals surface area contributed by atoms with Crippen molar-refractivity contribution in [3.63, 3.8) is 0 Å². The molecule has 83 valence electrons. The van der Waals surface area contributed by atoms with Crippen molar-refractivity contribution >= 4 is 79.5 Å². The minimum absolute atomic E-state index is 0. The van der Waals surface area contributed by atoms with Gasteiger partial charge in [-0.05, 0) is 24.4 Å². The van der Waals surface area contributed by atoms with Gasteiger partial charge in [-0.2, -0.15) is 5.10 Å². The SMILES string of the molecule is C=CCn1c(-c2cccc(Br)c2)n[nH]c1=S.[K]. The molecule has 2 aromatic rings. The Labute approximate surface area is 156 Å². The monoisotopic (exact) mass is 334 g/mol. The molecule has 0 bridgehead atoms. The predicted molar refractivity (Wildman–Crippen MR) is 76.5 cm³/mol. The van der Waals surface area contributed by atoms with Crippen molar-refractivity contribution in [2.45, 2.75) is 6.54 Å². The van der Waals surface area contributed by atoms with Gasteiger partial charge < -0.3 is 0 Å². The minimum atomic E-state index is 0. The molecular weight excluding hydrogens is 325 g/mol. The molecule has 3 nitrogen and oxygen atoms in total. The van der Waals surface area contributed by atoms with Crippen molar-refractivity contribution in [2.24, 2.45) is 0 Å². The van der Waals surface area contributed by atoms with Gasteiger partial charge in [0.1, 0.15) is 0 Å². The van der Waals surface area contributed by atoms with Crippen molar-refractivity contribution in [3.05, 3.63) is 46.2 Å². The van der Waals surface area contributed by atoms with E-state index in [1.807, 2.05) is 28.8 Å². The summed E-state index contributed by atoms with van der Waals surface area (Å²) < 4.78 is 3.53. The molecule has 6 heteroatoms. The first-order valence-corrected chi connectivity index (χ1v) is 5.94. The third-order valence-corrected chi connectivity index (χ3v) is 2.96. The van der Waals surface area contributed by atoms with Gasteiger partial charge in [0.2, 0.25) is 0 Å². The van der Waals surface area contributed by atoms with Crippen LogP contribution in [0.2, 0.25) is 0 Å². The second-order valence-electron chi connectivity index (χ2n) is 3.26. The Balaban J connectivity index is 0.00000144. The van der Waals surface area contributed by atoms with Crippen molar-refractivity contribution in [3.8, 4) is 11.4 Å². The summed E-state index contributed by atoms with van der Waals surface area (Å²) in [6.45, 7) is 4.36. The van der Waals surface area contributed by atoms with E-state index in [1.165, 1.54) is 0 Å². The first kappa shape index (κ1) is 15.5. The molecular formula is C11H10BrKN3S. The van der Waals surface area contributed by atoms with E-state index in [4.69, 9.17) is 12.2 Å². The number of benzene rings is 1. The van der Waals surface area contributed by atoms with Crippen LogP contribution in [0.25, 0.3) is 11.4 Å². The van der Waals surface area contributed by atoms with Gasteiger partial charge in [0.15, 0.2) is 10.6 Å². The molecule has 1 radical (unpaired) electrons. The molecule has 17 heavy (non-hydrogen) atoms. The van der Waals surface area contributed by atoms with Gasteiger partial charge >= 0.3 is 0 Å². The van der Waals surface area contributed by atoms with Crippen molar-refractivity contribution < 1.29 is 0 Å². The molecule has 0 spiro atoms. The van der Waals surface area contributed by atoms with Gasteiger partial charge in [-0.15, -0.1) is 6.58 Å². The van der Waals surface area contributed by atoms with Gasteiger partial charge in [-0.25, -0.2) is 0 Å². The van der Waals surface area contributed by atoms with Gasteiger partial charge in [0.25, 0.3) is 0 Å². The van der Waals surface area contributed by atoms with Crippen molar-refractivity contribution in [1.82, 2.24) is 14.8 Å². The summed E-state index contributed by atoms with van der Waals surface area (Å²) in [6, 6.07) is 7.94. The number of hydrogen-bond acceptors (Lipinski definition) is 2. The van der Waals surface area contributed by atoms with Crippen LogP contribution in [0.4, 0.5) is 0 Å². The molecule has 0 aliphatic rings. The van der Waals surface area contributed by atoms with E-state index in [2.05, 4.69) is 32.7 Å². The molecule has 0 saturated carbocycles. The molecule has 1 aromatic carbocycles. The van der Waals surface area contributed by atoms with Crippen molar-refractivity contribution in [1.29, 1.82) is 0 Å². The molecule has 1 aromatic heterocycles. The van der Waals surface area contributed by atoms with E-state index < -0.39 is 0 Å². The molecule has 1 N–H and O–H groups in total. The number of aromatic nitrogens is 3. The first-order chi connectivity index (χ1) is 7.72. The molecule has 2 rings (SSSR count). The number of nitrogens with one attached hydrogen (secondary N) is 1. The predicted octanol–water partition coefficient (Wildman–Crippen LogP) is 3.18. The maximum Gasteiger partial charge on any atom is 0.195 e. The number of H-pyrrole nitrogens is 1. The Hall–Kier alpha value is 0.436. The summed E-state index contributed by atoms with van der Waals surface area (Å²) in [6.07, 6.45) is 1.80. The zero-order valence-electron chi connectivity index (χ0n) is 9.48. The van der Waals surface area contributed by atoms with Crippen molar-refractivity contribution in [2.75, 3.05) is 0 Å². The fourth-order valence-corrected chi connectivity index (χ4v) is 2.07. The summed E-state index contributed by atoms with van der Waals surface area (Å²) in [7, 11) is 0. The molecule has 0 aliphatic carbocycles. The van der Waals surface area contributed by atoms with Gasteiger partial charge in [-0.3, -0.25) is 9.67 Å². The summed E-state index contributed by atoms with van der Waals surface area (Å²) in [5.41, 5.74) is 1.02. The smallest absolute Gasteiger partial charge is 0.195 e. The Bertz CT molecular complexity index is 576. The molecule has 0 amide bonds. The number of halogens is 1. The second kappa shape index (κ2) is 7.13.